The van der Waals surface area contributed by atoms with Crippen LogP contribution in [0.15, 0.2) is 0 Å². The van der Waals surface area contributed by atoms with Crippen molar-refractivity contribution in [2.75, 3.05) is 20.3 Å². The molecular weight excluding hydrogens is 520 g/mol. The molecule has 0 aliphatic carbocycles. The summed E-state index contributed by atoms with van der Waals surface area (Å²) >= 11 is 0. The van der Waals surface area contributed by atoms with E-state index in [1.54, 1.807) is 0 Å². The molecule has 0 radical (unpaired) electrons. The number of aliphatic hydroxyl groups excluding tert-OH is 7. The molecule has 1 unspecified atom stereocenters. The van der Waals surface area contributed by atoms with Crippen LogP contribution in [0.25, 0.3) is 0 Å². The summed E-state index contributed by atoms with van der Waals surface area (Å²) in [5, 5.41) is 77.9. The number of carbonyl (C=O) groups excluding carboxylic acids is 2. The highest BCUT2D eigenvalue weighted by Crippen LogP contribution is 2.32. The van der Waals surface area contributed by atoms with Gasteiger partial charge in [-0.05, 0) is 6.92 Å². The van der Waals surface area contributed by atoms with Gasteiger partial charge in [-0.2, -0.15) is 0 Å². The van der Waals surface area contributed by atoms with Gasteiger partial charge in [0, 0.05) is 7.11 Å². The molecule has 17 nitrogen and oxygen atoms in total. The Kier molecular flexibility index (Phi) is 9.20. The number of rotatable bonds is 2. The number of methoxy groups -OCH3 is 1. The zero-order chi connectivity index (χ0) is 27.9. The third-order valence-electron chi connectivity index (χ3n) is 7.03. The van der Waals surface area contributed by atoms with E-state index in [4.69, 9.17) is 28.4 Å². The summed E-state index contributed by atoms with van der Waals surface area (Å²) in [7, 11) is 1.24. The molecule has 0 aromatic rings. The van der Waals surface area contributed by atoms with Crippen molar-refractivity contribution in [3.8, 4) is 0 Å². The van der Waals surface area contributed by atoms with E-state index in [1.807, 2.05) is 0 Å². The van der Waals surface area contributed by atoms with Crippen LogP contribution in [-0.2, 0) is 38.0 Å². The first kappa shape index (κ1) is 29.4. The van der Waals surface area contributed by atoms with E-state index < -0.39 is 117 Å². The van der Waals surface area contributed by atoms with Crippen LogP contribution in [0.5, 0.6) is 0 Å². The molecule has 15 atom stereocenters. The lowest BCUT2D eigenvalue weighted by Gasteiger charge is -2.48. The van der Waals surface area contributed by atoms with Crippen molar-refractivity contribution in [1.29, 1.82) is 0 Å². The van der Waals surface area contributed by atoms with Crippen LogP contribution in [0.1, 0.15) is 6.92 Å². The lowest BCUT2D eigenvalue weighted by atomic mass is 9.95. The van der Waals surface area contributed by atoms with Gasteiger partial charge in [0.05, 0.1) is 19.3 Å². The second-order valence-electron chi connectivity index (χ2n) is 9.55. The van der Waals surface area contributed by atoms with Crippen LogP contribution < -0.4 is 10.6 Å². The van der Waals surface area contributed by atoms with Crippen LogP contribution >= 0.6 is 0 Å². The van der Waals surface area contributed by atoms with Crippen LogP contribution in [0.2, 0.25) is 0 Å². The number of aliphatic hydroxyl groups is 7. The highest BCUT2D eigenvalue weighted by Gasteiger charge is 2.54. The van der Waals surface area contributed by atoms with Gasteiger partial charge < -0.3 is 74.8 Å². The number of hydrogen-bond acceptors (Lipinski definition) is 15. The Morgan fingerprint density at radius 2 is 1.47 bits per heavy atom. The minimum atomic E-state index is -1.93. The monoisotopic (exact) mass is 554 g/mol. The van der Waals surface area contributed by atoms with Crippen molar-refractivity contribution in [3.63, 3.8) is 0 Å². The molecule has 4 rings (SSSR count). The average Bonchev–Trinajstić information content (AvgIpc) is 2.89. The van der Waals surface area contributed by atoms with E-state index in [9.17, 15) is 45.3 Å². The topological polar surface area (TPSA) is 255 Å². The Hall–Kier alpha value is -1.58. The fourth-order valence-electron chi connectivity index (χ4n) is 4.85. The molecule has 17 heteroatoms. The maximum absolute atomic E-state index is 12.7. The van der Waals surface area contributed by atoms with E-state index in [-0.39, 0.29) is 0 Å². The van der Waals surface area contributed by atoms with Gasteiger partial charge in [0.1, 0.15) is 61.0 Å². The minimum absolute atomic E-state index is 0.657. The first-order valence-corrected chi connectivity index (χ1v) is 12.0. The van der Waals surface area contributed by atoms with Gasteiger partial charge in [-0.3, -0.25) is 9.59 Å². The summed E-state index contributed by atoms with van der Waals surface area (Å²) in [5.74, 6) is -1.87. The molecule has 4 heterocycles. The third-order valence-corrected chi connectivity index (χ3v) is 7.03. The van der Waals surface area contributed by atoms with Gasteiger partial charge in [0.2, 0.25) is 5.91 Å². The van der Waals surface area contributed by atoms with Crippen molar-refractivity contribution in [2.45, 2.75) is 99.0 Å². The highest BCUT2D eigenvalue weighted by atomic mass is 16.7. The second kappa shape index (κ2) is 11.9. The van der Waals surface area contributed by atoms with Crippen molar-refractivity contribution in [3.05, 3.63) is 0 Å². The summed E-state index contributed by atoms with van der Waals surface area (Å²) in [5.41, 5.74) is 0. The Bertz CT molecular complexity index is 851. The lowest BCUT2D eigenvalue weighted by Crippen LogP contribution is -2.68. The average molecular weight is 555 g/mol. The third kappa shape index (κ3) is 5.52. The molecule has 0 spiro atoms. The quantitative estimate of drug-likeness (QED) is 0.154. The highest BCUT2D eigenvalue weighted by molar-refractivity contribution is 5.87. The minimum Gasteiger partial charge on any atom is -0.394 e. The molecule has 218 valence electrons. The van der Waals surface area contributed by atoms with E-state index in [0.29, 0.717) is 0 Å². The van der Waals surface area contributed by atoms with Crippen LogP contribution in [0, 0.1) is 0 Å². The number of fused-ring (bicyclic) bond motifs is 5. The zero-order valence-electron chi connectivity index (χ0n) is 20.5. The van der Waals surface area contributed by atoms with Gasteiger partial charge in [0.25, 0.3) is 5.91 Å². The molecule has 0 saturated carbocycles. The summed E-state index contributed by atoms with van der Waals surface area (Å²) in [6, 6.07) is -1.26. The van der Waals surface area contributed by atoms with E-state index in [1.165, 1.54) is 14.0 Å². The molecule has 38 heavy (non-hydrogen) atoms. The van der Waals surface area contributed by atoms with Gasteiger partial charge in [-0.15, -0.1) is 0 Å². The number of nitrogens with one attached hydrogen (secondary N) is 2. The SMILES string of the molecule is CO[C@@H]1O[C@H](CO)[C@@H](O)[C@@H]2O[C@@H]3O[C@@H](C)[C@H](O)[C@@H](O[C@@H]4OC(C(=O)NCC(=O)N[C@@H]12)[C@@H](O)[C@H](O)[C@@H]4O)[C@H]3O. The van der Waals surface area contributed by atoms with Gasteiger partial charge >= 0.3 is 0 Å². The maximum Gasteiger partial charge on any atom is 0.252 e. The molecule has 2 amide bonds. The summed E-state index contributed by atoms with van der Waals surface area (Å²) in [6.45, 7) is 0.0871. The Morgan fingerprint density at radius 1 is 0.816 bits per heavy atom. The Labute approximate surface area is 216 Å². The van der Waals surface area contributed by atoms with E-state index >= 15 is 0 Å². The number of amides is 2. The predicted octanol–water partition coefficient (Wildman–Crippen LogP) is -6.63. The first-order valence-electron chi connectivity index (χ1n) is 12.0. The second-order valence-corrected chi connectivity index (χ2v) is 9.55. The van der Waals surface area contributed by atoms with Gasteiger partial charge in [0.15, 0.2) is 25.0 Å². The zero-order valence-corrected chi connectivity index (χ0v) is 20.5. The molecule has 0 aromatic heterocycles. The molecule has 4 aliphatic rings. The van der Waals surface area contributed by atoms with Gasteiger partial charge in [-0.1, -0.05) is 0 Å². The Balaban J connectivity index is 1.71. The Morgan fingerprint density at radius 3 is 2.13 bits per heavy atom. The fraction of sp³-hybridized carbons (Fsp3) is 0.905. The smallest absolute Gasteiger partial charge is 0.252 e. The number of carbonyl (C=O) groups is 2. The molecule has 4 bridgehead atoms. The van der Waals surface area contributed by atoms with Crippen LogP contribution in [0.3, 0.4) is 0 Å². The molecule has 9 N–H and O–H groups in total. The van der Waals surface area contributed by atoms with Crippen LogP contribution in [-0.4, -0.2) is 160 Å². The fourth-order valence-corrected chi connectivity index (χ4v) is 4.85. The maximum atomic E-state index is 12.7. The number of ether oxygens (including phenoxy) is 6. The van der Waals surface area contributed by atoms with E-state index in [2.05, 4.69) is 10.6 Å². The predicted molar refractivity (Wildman–Crippen MR) is 116 cm³/mol. The van der Waals surface area contributed by atoms with Crippen molar-refractivity contribution in [1.82, 2.24) is 10.6 Å². The normalized spacial score (nSPS) is 50.6. The summed E-state index contributed by atoms with van der Waals surface area (Å²) in [4.78, 5) is 25.4. The van der Waals surface area contributed by atoms with Crippen molar-refractivity contribution in [2.24, 2.45) is 0 Å². The standard InChI is InChI=1S/C21H34N2O15/c1-5-9(26)16-14(31)21(34-5)36-15-8(19(33-2)35-6(4-24)10(15)27)23-7(25)3-22-18(32)17-12(29)11(28)13(30)20(37-16)38-17/h5-6,8-17,19-21,24,26-31H,3-4H2,1-2H3,(H,22,32)(H,23,25)/t5-,6+,8+,9-,10+,11-,12-,13-,14+,15+,16+,17?,19+,20+,21-/m0/s1. The number of hydrogen-bond donors (Lipinski definition) is 9. The molecule has 4 aliphatic heterocycles. The molecular formula is C21H34N2O15. The first-order chi connectivity index (χ1) is 18.0. The van der Waals surface area contributed by atoms with Gasteiger partial charge in [-0.25, -0.2) is 0 Å². The van der Waals surface area contributed by atoms with E-state index in [0.717, 1.165) is 0 Å². The summed E-state index contributed by atoms with van der Waals surface area (Å²) in [6.07, 6.45) is -22.4. The largest absolute Gasteiger partial charge is 0.394 e. The molecule has 0 aromatic carbocycles. The van der Waals surface area contributed by atoms with Crippen molar-refractivity contribution < 1.29 is 73.8 Å². The lowest BCUT2D eigenvalue weighted by molar-refractivity contribution is -0.367. The van der Waals surface area contributed by atoms with Crippen LogP contribution in [0.4, 0.5) is 0 Å². The summed E-state index contributed by atoms with van der Waals surface area (Å²) < 4.78 is 33.2. The molecule has 4 fully saturated rings. The van der Waals surface area contributed by atoms with Crippen molar-refractivity contribution >= 4 is 11.8 Å². The molecule has 4 saturated heterocycles.